The van der Waals surface area contributed by atoms with Gasteiger partial charge in [0.2, 0.25) is 5.91 Å². The number of carbonyl (C=O) groups is 3. The van der Waals surface area contributed by atoms with E-state index in [1.54, 1.807) is 36.4 Å². The van der Waals surface area contributed by atoms with Gasteiger partial charge in [0.05, 0.1) is 35.6 Å². The van der Waals surface area contributed by atoms with Crippen molar-refractivity contribution >= 4 is 34.7 Å². The quantitative estimate of drug-likeness (QED) is 0.224. The van der Waals surface area contributed by atoms with Gasteiger partial charge in [-0.3, -0.25) is 24.2 Å². The molecule has 0 aliphatic carbocycles. The number of carbonyl (C=O) groups excluding carboxylic acids is 3. The molecule has 5 aromatic rings. The largest absolute Gasteiger partial charge is 0.417 e. The molecule has 4 heterocycles. The average molecular weight is 593 g/mol. The third kappa shape index (κ3) is 5.05. The number of aromatic nitrogens is 5. The Bertz CT molecular complexity index is 1900. The summed E-state index contributed by atoms with van der Waals surface area (Å²) in [7, 11) is 1.51. The molecule has 1 aliphatic heterocycles. The van der Waals surface area contributed by atoms with Gasteiger partial charge < -0.3 is 10.6 Å². The fourth-order valence-corrected chi connectivity index (χ4v) is 4.74. The molecule has 4 amide bonds. The zero-order valence-electron chi connectivity index (χ0n) is 22.2. The lowest BCUT2D eigenvalue weighted by Gasteiger charge is -2.15. The van der Waals surface area contributed by atoms with E-state index in [1.807, 2.05) is 0 Å². The molecule has 15 heteroatoms. The number of halogens is 4. The number of nitrogens with one attached hydrogen (secondary N) is 2. The number of benzene rings is 2. The van der Waals surface area contributed by atoms with E-state index in [4.69, 9.17) is 0 Å². The predicted molar refractivity (Wildman–Crippen MR) is 144 cm³/mol. The summed E-state index contributed by atoms with van der Waals surface area (Å²) in [5.41, 5.74) is -1.26. The molecule has 2 aromatic carbocycles. The second-order valence-corrected chi connectivity index (χ2v) is 9.61. The van der Waals surface area contributed by atoms with Crippen LogP contribution in [0.25, 0.3) is 28.0 Å². The zero-order chi connectivity index (χ0) is 30.5. The molecule has 0 saturated carbocycles. The Morgan fingerprint density at radius 3 is 2.47 bits per heavy atom. The highest BCUT2D eigenvalue weighted by atomic mass is 19.4. The third-order valence-electron chi connectivity index (χ3n) is 6.79. The van der Waals surface area contributed by atoms with E-state index >= 15 is 4.39 Å². The van der Waals surface area contributed by atoms with Crippen LogP contribution in [0.5, 0.6) is 0 Å². The molecular formula is C28H20F4N8O3. The Kier molecular flexibility index (Phi) is 6.63. The first kappa shape index (κ1) is 27.6. The summed E-state index contributed by atoms with van der Waals surface area (Å²) in [6.45, 7) is -0.282. The van der Waals surface area contributed by atoms with Gasteiger partial charge in [0.25, 0.3) is 5.91 Å². The molecule has 218 valence electrons. The van der Waals surface area contributed by atoms with Crippen molar-refractivity contribution in [2.24, 2.45) is 7.05 Å². The van der Waals surface area contributed by atoms with Crippen molar-refractivity contribution in [1.82, 2.24) is 34.8 Å². The molecule has 6 rings (SSSR count). The summed E-state index contributed by atoms with van der Waals surface area (Å²) >= 11 is 0. The summed E-state index contributed by atoms with van der Waals surface area (Å²) < 4.78 is 59.3. The van der Waals surface area contributed by atoms with E-state index < -0.39 is 46.5 Å². The van der Waals surface area contributed by atoms with Crippen molar-refractivity contribution in [2.75, 3.05) is 11.9 Å². The number of hydrogen-bond donors (Lipinski definition) is 2. The number of aryl methyl sites for hydroxylation is 1. The van der Waals surface area contributed by atoms with Gasteiger partial charge in [0.1, 0.15) is 16.9 Å². The number of imide groups is 1. The number of hydrogen-bond acceptors (Lipinski definition) is 6. The maximum Gasteiger partial charge on any atom is 0.417 e. The Hall–Kier alpha value is -5.60. The summed E-state index contributed by atoms with van der Waals surface area (Å²) in [4.78, 5) is 43.2. The molecule has 0 bridgehead atoms. The highest BCUT2D eigenvalue weighted by Crippen LogP contribution is 2.38. The van der Waals surface area contributed by atoms with Crippen molar-refractivity contribution in [3.05, 3.63) is 89.5 Å². The Balaban J connectivity index is 1.46. The SMILES string of the molecule is Cn1ccc(-c2cc(C(=O)Nc3c4nccc(CN5C(=O)CNC5=O)c4nn3-c3ccccc3)c(F)cc2C(F)(F)F)n1. The topological polar surface area (TPSA) is 127 Å². The van der Waals surface area contributed by atoms with Gasteiger partial charge in [-0.1, -0.05) is 18.2 Å². The van der Waals surface area contributed by atoms with E-state index in [-0.39, 0.29) is 41.7 Å². The highest BCUT2D eigenvalue weighted by Gasteiger charge is 2.36. The maximum absolute atomic E-state index is 15.2. The number of para-hydroxylation sites is 1. The van der Waals surface area contributed by atoms with E-state index in [9.17, 15) is 27.6 Å². The van der Waals surface area contributed by atoms with Gasteiger partial charge in [-0.15, -0.1) is 0 Å². The third-order valence-corrected chi connectivity index (χ3v) is 6.79. The van der Waals surface area contributed by atoms with Crippen LogP contribution < -0.4 is 10.6 Å². The number of nitrogens with zero attached hydrogens (tertiary/aromatic N) is 6. The number of alkyl halides is 3. The van der Waals surface area contributed by atoms with Crippen molar-refractivity contribution in [3.8, 4) is 16.9 Å². The maximum atomic E-state index is 15.2. The Morgan fingerprint density at radius 2 is 1.81 bits per heavy atom. The zero-order valence-corrected chi connectivity index (χ0v) is 22.2. The van der Waals surface area contributed by atoms with Gasteiger partial charge in [-0.2, -0.15) is 23.4 Å². The first-order chi connectivity index (χ1) is 20.5. The molecule has 1 aliphatic rings. The van der Waals surface area contributed by atoms with Crippen LogP contribution in [-0.4, -0.2) is 53.8 Å². The van der Waals surface area contributed by atoms with Crippen LogP contribution in [0.1, 0.15) is 21.5 Å². The summed E-state index contributed by atoms with van der Waals surface area (Å²) in [5.74, 6) is -2.91. The van der Waals surface area contributed by atoms with Gasteiger partial charge in [0.15, 0.2) is 5.82 Å². The van der Waals surface area contributed by atoms with Gasteiger partial charge in [-0.25, -0.2) is 13.9 Å². The molecule has 3 aromatic heterocycles. The number of amides is 4. The number of pyridine rings is 1. The minimum absolute atomic E-state index is 0.0102. The number of anilines is 1. The molecule has 0 atom stereocenters. The first-order valence-corrected chi connectivity index (χ1v) is 12.7. The molecule has 0 spiro atoms. The van der Waals surface area contributed by atoms with Gasteiger partial charge in [0, 0.05) is 30.6 Å². The lowest BCUT2D eigenvalue weighted by atomic mass is 9.99. The Morgan fingerprint density at radius 1 is 1.05 bits per heavy atom. The lowest BCUT2D eigenvalue weighted by Crippen LogP contribution is -2.30. The lowest BCUT2D eigenvalue weighted by molar-refractivity contribution is -0.137. The second kappa shape index (κ2) is 10.3. The molecule has 0 unspecified atom stereocenters. The van der Waals surface area contributed by atoms with Crippen molar-refractivity contribution < 1.29 is 31.9 Å². The van der Waals surface area contributed by atoms with E-state index in [0.29, 0.717) is 11.3 Å². The van der Waals surface area contributed by atoms with Crippen LogP contribution in [0.3, 0.4) is 0 Å². The minimum Gasteiger partial charge on any atom is -0.329 e. The van der Waals surface area contributed by atoms with E-state index in [2.05, 4.69) is 25.8 Å². The monoisotopic (exact) mass is 592 g/mol. The normalized spacial score (nSPS) is 13.6. The van der Waals surface area contributed by atoms with Crippen LogP contribution in [0.15, 0.2) is 67.0 Å². The number of fused-ring (bicyclic) bond motifs is 1. The van der Waals surface area contributed by atoms with Crippen LogP contribution >= 0.6 is 0 Å². The predicted octanol–water partition coefficient (Wildman–Crippen LogP) is 4.28. The number of urea groups is 1. The summed E-state index contributed by atoms with van der Waals surface area (Å²) in [5, 5.41) is 13.6. The minimum atomic E-state index is -4.92. The fourth-order valence-electron chi connectivity index (χ4n) is 4.74. The summed E-state index contributed by atoms with van der Waals surface area (Å²) in [6.07, 6.45) is -2.11. The first-order valence-electron chi connectivity index (χ1n) is 12.7. The summed E-state index contributed by atoms with van der Waals surface area (Å²) in [6, 6.07) is 11.9. The van der Waals surface area contributed by atoms with Crippen LogP contribution in [0.4, 0.5) is 28.2 Å². The molecule has 0 radical (unpaired) electrons. The molecule has 1 fully saturated rings. The van der Waals surface area contributed by atoms with Crippen LogP contribution in [0.2, 0.25) is 0 Å². The molecule has 11 nitrogen and oxygen atoms in total. The smallest absolute Gasteiger partial charge is 0.329 e. The highest BCUT2D eigenvalue weighted by molar-refractivity contribution is 6.09. The van der Waals surface area contributed by atoms with Crippen LogP contribution in [-0.2, 0) is 24.6 Å². The molecule has 2 N–H and O–H groups in total. The average Bonchev–Trinajstić information content (AvgIpc) is 3.66. The van der Waals surface area contributed by atoms with Crippen molar-refractivity contribution in [1.29, 1.82) is 0 Å². The van der Waals surface area contributed by atoms with Gasteiger partial charge in [-0.05, 0) is 36.4 Å². The number of rotatable bonds is 6. The Labute approximate surface area is 239 Å². The van der Waals surface area contributed by atoms with Crippen molar-refractivity contribution in [2.45, 2.75) is 12.7 Å². The molecule has 1 saturated heterocycles. The fraction of sp³-hybridized carbons (Fsp3) is 0.143. The van der Waals surface area contributed by atoms with Crippen LogP contribution in [0, 0.1) is 5.82 Å². The second-order valence-electron chi connectivity index (χ2n) is 9.61. The molecule has 43 heavy (non-hydrogen) atoms. The molecular weight excluding hydrogens is 572 g/mol. The van der Waals surface area contributed by atoms with Gasteiger partial charge >= 0.3 is 12.2 Å². The van der Waals surface area contributed by atoms with Crippen molar-refractivity contribution in [3.63, 3.8) is 0 Å². The standard InChI is InChI=1S/C28H20F4N8O3/c1-38-10-8-21(36-38)17-11-18(20(29)12-19(17)28(30,31)32)26(42)35-25-24-23(37-40(25)16-5-3-2-4-6-16)15(7-9-33-24)14-39-22(41)13-34-27(39)43/h2-12H,13-14H2,1H3,(H,34,43)(H,35,42). The van der Waals surface area contributed by atoms with E-state index in [0.717, 1.165) is 11.0 Å². The van der Waals surface area contributed by atoms with E-state index in [1.165, 1.54) is 34.9 Å².